The van der Waals surface area contributed by atoms with Crippen molar-refractivity contribution in [1.29, 1.82) is 0 Å². The van der Waals surface area contributed by atoms with E-state index in [1.165, 1.54) is 37.6 Å². The molecule has 2 unspecified atom stereocenters. The summed E-state index contributed by atoms with van der Waals surface area (Å²) in [5.74, 6) is 1.13. The standard InChI is InChI=1S/C28H38N2O4/c1-6-21-13-23(27(32)34-5)26(31)29-25(21)16-28(24-14-22(33-4)10-7-18(24)2)11-12-30(19(3)15-28)17-20-8-9-20/h7,10,13-14,19-20H,6,8-9,11-12,15-17H2,1-5H3,(H,29,31). The largest absolute Gasteiger partial charge is 0.497 e. The molecule has 2 fully saturated rings. The van der Waals surface area contributed by atoms with Crippen molar-refractivity contribution >= 4 is 5.97 Å². The number of carbonyl (C=O) groups is 1. The van der Waals surface area contributed by atoms with E-state index >= 15 is 0 Å². The molecular weight excluding hydrogens is 428 g/mol. The van der Waals surface area contributed by atoms with Crippen molar-refractivity contribution in [2.45, 2.75) is 70.8 Å². The van der Waals surface area contributed by atoms with Gasteiger partial charge in [-0.3, -0.25) is 4.79 Å². The molecule has 2 atom stereocenters. The molecule has 0 spiro atoms. The Labute approximate surface area is 202 Å². The van der Waals surface area contributed by atoms with Crippen LogP contribution in [0.3, 0.4) is 0 Å². The summed E-state index contributed by atoms with van der Waals surface area (Å²) in [7, 11) is 3.01. The molecule has 1 aromatic heterocycles. The average molecular weight is 467 g/mol. The molecule has 34 heavy (non-hydrogen) atoms. The number of pyridine rings is 1. The predicted octanol–water partition coefficient (Wildman–Crippen LogP) is 4.42. The fraction of sp³-hybridized carbons (Fsp3) is 0.571. The Morgan fingerprint density at radius 1 is 1.24 bits per heavy atom. The first-order chi connectivity index (χ1) is 16.3. The van der Waals surface area contributed by atoms with E-state index in [9.17, 15) is 9.59 Å². The van der Waals surface area contributed by atoms with Gasteiger partial charge in [-0.2, -0.15) is 0 Å². The fourth-order valence-electron chi connectivity index (χ4n) is 5.76. The van der Waals surface area contributed by atoms with E-state index in [0.717, 1.165) is 55.2 Å². The second-order valence-corrected chi connectivity index (χ2v) is 10.2. The Kier molecular flexibility index (Phi) is 7.17. The van der Waals surface area contributed by atoms with Gasteiger partial charge in [-0.15, -0.1) is 0 Å². The quantitative estimate of drug-likeness (QED) is 0.584. The first kappa shape index (κ1) is 24.5. The molecule has 0 bridgehead atoms. The minimum Gasteiger partial charge on any atom is -0.497 e. The Morgan fingerprint density at radius 2 is 2.00 bits per heavy atom. The van der Waals surface area contributed by atoms with Crippen molar-refractivity contribution in [3.63, 3.8) is 0 Å². The van der Waals surface area contributed by atoms with Gasteiger partial charge in [0.15, 0.2) is 0 Å². The molecule has 6 nitrogen and oxygen atoms in total. The van der Waals surface area contributed by atoms with Crippen LogP contribution in [0.5, 0.6) is 5.75 Å². The molecule has 4 rings (SSSR count). The number of carbonyl (C=O) groups excluding carboxylic acids is 1. The van der Waals surface area contributed by atoms with E-state index in [2.05, 4.69) is 42.8 Å². The zero-order valence-corrected chi connectivity index (χ0v) is 21.2. The molecule has 2 heterocycles. The molecule has 1 saturated heterocycles. The highest BCUT2D eigenvalue weighted by Gasteiger charge is 2.42. The molecule has 1 N–H and O–H groups in total. The topological polar surface area (TPSA) is 71.6 Å². The number of hydrogen-bond donors (Lipinski definition) is 1. The Bertz CT molecular complexity index is 1100. The molecule has 2 aliphatic rings. The number of esters is 1. The van der Waals surface area contributed by atoms with Crippen LogP contribution >= 0.6 is 0 Å². The number of rotatable bonds is 8. The maximum atomic E-state index is 12.8. The third-order valence-electron chi connectivity index (χ3n) is 7.91. The summed E-state index contributed by atoms with van der Waals surface area (Å²) in [6.07, 6.45) is 6.20. The molecule has 1 aromatic carbocycles. The number of likely N-dealkylation sites (tertiary alicyclic amines) is 1. The van der Waals surface area contributed by atoms with Crippen molar-refractivity contribution in [3.8, 4) is 5.75 Å². The van der Waals surface area contributed by atoms with Gasteiger partial charge in [0.25, 0.3) is 5.56 Å². The zero-order valence-electron chi connectivity index (χ0n) is 21.2. The minimum atomic E-state index is -0.595. The number of H-pyrrole nitrogens is 1. The van der Waals surface area contributed by atoms with E-state index in [4.69, 9.17) is 9.47 Å². The summed E-state index contributed by atoms with van der Waals surface area (Å²) in [5.41, 5.74) is 4.02. The summed E-state index contributed by atoms with van der Waals surface area (Å²) >= 11 is 0. The third-order valence-corrected chi connectivity index (χ3v) is 7.91. The van der Waals surface area contributed by atoms with E-state index in [-0.39, 0.29) is 16.5 Å². The van der Waals surface area contributed by atoms with Crippen molar-refractivity contribution in [2.75, 3.05) is 27.3 Å². The molecule has 1 saturated carbocycles. The van der Waals surface area contributed by atoms with Crippen molar-refractivity contribution in [2.24, 2.45) is 5.92 Å². The predicted molar refractivity (Wildman–Crippen MR) is 134 cm³/mol. The molecule has 0 radical (unpaired) electrons. The Balaban J connectivity index is 1.76. The van der Waals surface area contributed by atoms with Gasteiger partial charge >= 0.3 is 5.97 Å². The van der Waals surface area contributed by atoms with Crippen molar-refractivity contribution in [3.05, 3.63) is 62.6 Å². The normalized spacial score (nSPS) is 23.0. The number of methoxy groups -OCH3 is 2. The average Bonchev–Trinajstić information content (AvgIpc) is 3.65. The number of aromatic nitrogens is 1. The van der Waals surface area contributed by atoms with E-state index in [1.807, 2.05) is 6.07 Å². The van der Waals surface area contributed by atoms with Gasteiger partial charge in [0.1, 0.15) is 11.3 Å². The number of piperidine rings is 1. The van der Waals surface area contributed by atoms with Crippen LogP contribution in [0.2, 0.25) is 0 Å². The van der Waals surface area contributed by atoms with E-state index < -0.39 is 5.97 Å². The van der Waals surface area contributed by atoms with Crippen molar-refractivity contribution < 1.29 is 14.3 Å². The number of aryl methyl sites for hydroxylation is 2. The summed E-state index contributed by atoms with van der Waals surface area (Å²) in [6, 6.07) is 8.51. The number of nitrogens with one attached hydrogen (secondary N) is 1. The first-order valence-corrected chi connectivity index (χ1v) is 12.5. The zero-order chi connectivity index (χ0) is 24.5. The van der Waals surface area contributed by atoms with Crippen LogP contribution in [0.4, 0.5) is 0 Å². The van der Waals surface area contributed by atoms with Gasteiger partial charge in [0.2, 0.25) is 0 Å². The summed E-state index contributed by atoms with van der Waals surface area (Å²) < 4.78 is 10.4. The monoisotopic (exact) mass is 466 g/mol. The lowest BCUT2D eigenvalue weighted by atomic mass is 9.66. The number of aromatic amines is 1. The number of nitrogens with zero attached hydrogens (tertiary/aromatic N) is 1. The molecule has 1 aliphatic heterocycles. The molecule has 1 aliphatic carbocycles. The lowest BCUT2D eigenvalue weighted by Gasteiger charge is -2.47. The lowest BCUT2D eigenvalue weighted by molar-refractivity contribution is 0.0598. The van der Waals surface area contributed by atoms with Gasteiger partial charge in [-0.25, -0.2) is 4.79 Å². The number of hydrogen-bond acceptors (Lipinski definition) is 5. The van der Waals surface area contributed by atoms with E-state index in [0.29, 0.717) is 6.04 Å². The van der Waals surface area contributed by atoms with Gasteiger partial charge < -0.3 is 19.4 Å². The number of benzene rings is 1. The van der Waals surface area contributed by atoms with Crippen LogP contribution in [0.25, 0.3) is 0 Å². The minimum absolute atomic E-state index is 0.0716. The Morgan fingerprint density at radius 3 is 2.62 bits per heavy atom. The summed E-state index contributed by atoms with van der Waals surface area (Å²) in [4.78, 5) is 30.6. The molecule has 2 aromatic rings. The first-order valence-electron chi connectivity index (χ1n) is 12.5. The third kappa shape index (κ3) is 4.92. The molecule has 6 heteroatoms. The van der Waals surface area contributed by atoms with Crippen molar-refractivity contribution in [1.82, 2.24) is 9.88 Å². The molecule has 0 amide bonds. The van der Waals surface area contributed by atoms with Gasteiger partial charge in [0.05, 0.1) is 14.2 Å². The SMILES string of the molecule is CCc1cc(C(=O)OC)c(=O)[nH]c1CC1(c2cc(OC)ccc2C)CCN(CC2CC2)C(C)C1. The smallest absolute Gasteiger partial charge is 0.343 e. The van der Waals surface area contributed by atoms with Crippen LogP contribution in [0, 0.1) is 12.8 Å². The highest BCUT2D eigenvalue weighted by Crippen LogP contribution is 2.44. The van der Waals surface area contributed by atoms with Crippen LogP contribution in [-0.4, -0.2) is 49.2 Å². The highest BCUT2D eigenvalue weighted by molar-refractivity contribution is 5.89. The maximum absolute atomic E-state index is 12.8. The van der Waals surface area contributed by atoms with Gasteiger partial charge in [-0.05, 0) is 99.7 Å². The van der Waals surface area contributed by atoms with Gasteiger partial charge in [-0.1, -0.05) is 13.0 Å². The second-order valence-electron chi connectivity index (χ2n) is 10.2. The van der Waals surface area contributed by atoms with Gasteiger partial charge in [0, 0.05) is 23.7 Å². The Hall–Kier alpha value is -2.60. The lowest BCUT2D eigenvalue weighted by Crippen LogP contribution is -2.50. The number of ether oxygens (including phenoxy) is 2. The summed E-state index contributed by atoms with van der Waals surface area (Å²) in [5, 5.41) is 0. The van der Waals surface area contributed by atoms with E-state index in [1.54, 1.807) is 13.2 Å². The van der Waals surface area contributed by atoms with Crippen LogP contribution in [0.1, 0.15) is 72.3 Å². The van der Waals surface area contributed by atoms with Crippen LogP contribution in [-0.2, 0) is 23.0 Å². The fourth-order valence-corrected chi connectivity index (χ4v) is 5.76. The maximum Gasteiger partial charge on any atom is 0.343 e. The molecular formula is C28H38N2O4. The second kappa shape index (κ2) is 9.95. The summed E-state index contributed by atoms with van der Waals surface area (Å²) in [6.45, 7) is 8.80. The van der Waals surface area contributed by atoms with Crippen LogP contribution < -0.4 is 10.3 Å². The van der Waals surface area contributed by atoms with Crippen LogP contribution in [0.15, 0.2) is 29.1 Å². The molecule has 184 valence electrons. The highest BCUT2D eigenvalue weighted by atomic mass is 16.5.